The van der Waals surface area contributed by atoms with Gasteiger partial charge >= 0.3 is 12.1 Å². The third kappa shape index (κ3) is 6.00. The minimum Gasteiger partial charge on any atom is -0.476 e. The zero-order chi connectivity index (χ0) is 12.9. The van der Waals surface area contributed by atoms with E-state index in [4.69, 9.17) is 9.84 Å². The molecular weight excluding hydrogens is 217 g/mol. The summed E-state index contributed by atoms with van der Waals surface area (Å²) in [5, 5.41) is 8.24. The maximum Gasteiger partial charge on any atom is 0.410 e. The van der Waals surface area contributed by atoms with Gasteiger partial charge in [-0.2, -0.15) is 4.39 Å². The number of carbonyl (C=O) groups is 2. The molecule has 0 radical (unpaired) electrons. The Kier molecular flexibility index (Phi) is 4.94. The number of hydrogen-bond donors (Lipinski definition) is 1. The molecular formula is C10H16FNO4. The summed E-state index contributed by atoms with van der Waals surface area (Å²) in [6.45, 7) is 4.94. The lowest BCUT2D eigenvalue weighted by atomic mass is 10.2. The molecule has 92 valence electrons. The van der Waals surface area contributed by atoms with E-state index in [2.05, 4.69) is 0 Å². The summed E-state index contributed by atoms with van der Waals surface area (Å²) in [6, 6.07) is 0. The summed E-state index contributed by atoms with van der Waals surface area (Å²) in [5.74, 6) is -2.95. The average molecular weight is 233 g/mol. The van der Waals surface area contributed by atoms with Gasteiger partial charge in [-0.15, -0.1) is 0 Å². The van der Waals surface area contributed by atoms with E-state index >= 15 is 0 Å². The highest BCUT2D eigenvalue weighted by Crippen LogP contribution is 2.09. The molecule has 0 saturated heterocycles. The van der Waals surface area contributed by atoms with Crippen molar-refractivity contribution in [3.05, 3.63) is 11.9 Å². The Balaban J connectivity index is 4.27. The van der Waals surface area contributed by atoms with Crippen LogP contribution in [0, 0.1) is 0 Å². The van der Waals surface area contributed by atoms with Crippen molar-refractivity contribution in [3.8, 4) is 0 Å². The van der Waals surface area contributed by atoms with Gasteiger partial charge in [0.15, 0.2) is 0 Å². The van der Waals surface area contributed by atoms with E-state index in [0.717, 1.165) is 11.0 Å². The standard InChI is InChI=1S/C10H16FNO4/c1-10(2,3)16-9(15)12(4)6-5-7(11)8(13)14/h5H,6H2,1-4H3,(H,13,14)/b7-5+. The molecule has 0 fully saturated rings. The Labute approximate surface area is 93.5 Å². The predicted molar refractivity (Wildman–Crippen MR) is 55.7 cm³/mol. The number of carboxylic acids is 1. The number of carbonyl (C=O) groups excluding carboxylic acids is 1. The number of amides is 1. The highest BCUT2D eigenvalue weighted by Gasteiger charge is 2.19. The van der Waals surface area contributed by atoms with Crippen LogP contribution in [0.3, 0.4) is 0 Å². The van der Waals surface area contributed by atoms with Crippen molar-refractivity contribution >= 4 is 12.1 Å². The molecule has 0 aliphatic rings. The van der Waals surface area contributed by atoms with Crippen LogP contribution in [0.1, 0.15) is 20.8 Å². The van der Waals surface area contributed by atoms with Crippen molar-refractivity contribution in [2.45, 2.75) is 26.4 Å². The van der Waals surface area contributed by atoms with Crippen LogP contribution in [0.4, 0.5) is 9.18 Å². The molecule has 5 nitrogen and oxygen atoms in total. The Morgan fingerprint density at radius 3 is 2.31 bits per heavy atom. The molecule has 16 heavy (non-hydrogen) atoms. The summed E-state index contributed by atoms with van der Waals surface area (Å²) >= 11 is 0. The fourth-order valence-electron chi connectivity index (χ4n) is 0.719. The number of likely N-dealkylation sites (N-methyl/N-ethyl adjacent to an activating group) is 1. The summed E-state index contributed by atoms with van der Waals surface area (Å²) < 4.78 is 17.6. The van der Waals surface area contributed by atoms with Crippen LogP contribution >= 0.6 is 0 Å². The number of aliphatic carboxylic acids is 1. The van der Waals surface area contributed by atoms with Gasteiger partial charge in [-0.25, -0.2) is 9.59 Å². The van der Waals surface area contributed by atoms with Gasteiger partial charge in [0.2, 0.25) is 5.83 Å². The Hall–Kier alpha value is -1.59. The second kappa shape index (κ2) is 5.48. The van der Waals surface area contributed by atoms with E-state index in [1.807, 2.05) is 0 Å². The average Bonchev–Trinajstić information content (AvgIpc) is 2.10. The maximum absolute atomic E-state index is 12.6. The number of rotatable bonds is 3. The summed E-state index contributed by atoms with van der Waals surface area (Å²) in [7, 11) is 1.39. The Morgan fingerprint density at radius 2 is 1.94 bits per heavy atom. The van der Waals surface area contributed by atoms with Gasteiger partial charge in [0.05, 0.1) is 0 Å². The van der Waals surface area contributed by atoms with Crippen molar-refractivity contribution in [2.24, 2.45) is 0 Å². The number of nitrogens with zero attached hydrogens (tertiary/aromatic N) is 1. The monoisotopic (exact) mass is 233 g/mol. The number of carboxylic acid groups (broad SMARTS) is 1. The quantitative estimate of drug-likeness (QED) is 0.755. The fourth-order valence-corrected chi connectivity index (χ4v) is 0.719. The van der Waals surface area contributed by atoms with E-state index < -0.39 is 23.5 Å². The normalized spacial score (nSPS) is 12.2. The van der Waals surface area contributed by atoms with Crippen molar-refractivity contribution < 1.29 is 23.8 Å². The van der Waals surface area contributed by atoms with Crippen molar-refractivity contribution in [1.29, 1.82) is 0 Å². The fraction of sp³-hybridized carbons (Fsp3) is 0.600. The molecule has 0 rings (SSSR count). The topological polar surface area (TPSA) is 66.8 Å². The van der Waals surface area contributed by atoms with Gasteiger partial charge < -0.3 is 14.7 Å². The van der Waals surface area contributed by atoms with Crippen LogP contribution in [0.15, 0.2) is 11.9 Å². The minimum atomic E-state index is -1.66. The SMILES string of the molecule is CN(C/C=C(/F)C(=O)O)C(=O)OC(C)(C)C. The second-order valence-corrected chi connectivity index (χ2v) is 4.22. The minimum absolute atomic E-state index is 0.160. The van der Waals surface area contributed by atoms with Gasteiger partial charge in [-0.1, -0.05) is 0 Å². The number of halogens is 1. The number of ether oxygens (including phenoxy) is 1. The lowest BCUT2D eigenvalue weighted by molar-refractivity contribution is -0.134. The van der Waals surface area contributed by atoms with Crippen LogP contribution in [0.5, 0.6) is 0 Å². The van der Waals surface area contributed by atoms with Crippen LogP contribution in [-0.4, -0.2) is 41.3 Å². The van der Waals surface area contributed by atoms with Crippen molar-refractivity contribution in [1.82, 2.24) is 4.90 Å². The molecule has 0 spiro atoms. The van der Waals surface area contributed by atoms with Gasteiger partial charge in [0.25, 0.3) is 0 Å². The second-order valence-electron chi connectivity index (χ2n) is 4.22. The van der Waals surface area contributed by atoms with E-state index in [1.54, 1.807) is 20.8 Å². The number of hydrogen-bond acceptors (Lipinski definition) is 3. The highest BCUT2D eigenvalue weighted by molar-refractivity contribution is 5.84. The lowest BCUT2D eigenvalue weighted by Gasteiger charge is -2.23. The molecule has 0 aliphatic heterocycles. The molecule has 0 aliphatic carbocycles. The summed E-state index contributed by atoms with van der Waals surface area (Å²) in [5.41, 5.74) is -0.638. The molecule has 0 aromatic carbocycles. The van der Waals surface area contributed by atoms with Crippen molar-refractivity contribution in [3.63, 3.8) is 0 Å². The molecule has 0 atom stereocenters. The van der Waals surface area contributed by atoms with E-state index in [0.29, 0.717) is 0 Å². The molecule has 0 aromatic heterocycles. The molecule has 1 amide bonds. The summed E-state index contributed by atoms with van der Waals surface area (Å²) in [4.78, 5) is 22.6. The first kappa shape index (κ1) is 14.4. The molecule has 0 unspecified atom stereocenters. The Bertz CT molecular complexity index is 306. The smallest absolute Gasteiger partial charge is 0.410 e. The van der Waals surface area contributed by atoms with Crippen LogP contribution in [0.2, 0.25) is 0 Å². The maximum atomic E-state index is 12.6. The summed E-state index contributed by atoms with van der Waals surface area (Å²) in [6.07, 6.45) is 0.161. The van der Waals surface area contributed by atoms with E-state index in [-0.39, 0.29) is 6.54 Å². The molecule has 1 N–H and O–H groups in total. The Morgan fingerprint density at radius 1 is 1.44 bits per heavy atom. The molecule has 6 heteroatoms. The molecule has 0 saturated carbocycles. The zero-order valence-corrected chi connectivity index (χ0v) is 9.78. The third-order valence-corrected chi connectivity index (χ3v) is 1.45. The third-order valence-electron chi connectivity index (χ3n) is 1.45. The van der Waals surface area contributed by atoms with Crippen LogP contribution in [0.25, 0.3) is 0 Å². The van der Waals surface area contributed by atoms with Gasteiger partial charge in [-0.3, -0.25) is 0 Å². The highest BCUT2D eigenvalue weighted by atomic mass is 19.1. The largest absolute Gasteiger partial charge is 0.476 e. The first-order chi connectivity index (χ1) is 7.13. The van der Waals surface area contributed by atoms with Crippen LogP contribution in [-0.2, 0) is 9.53 Å². The van der Waals surface area contributed by atoms with Crippen molar-refractivity contribution in [2.75, 3.05) is 13.6 Å². The molecule has 0 heterocycles. The van der Waals surface area contributed by atoms with Gasteiger partial charge in [-0.05, 0) is 26.8 Å². The zero-order valence-electron chi connectivity index (χ0n) is 9.78. The first-order valence-electron chi connectivity index (χ1n) is 4.66. The van der Waals surface area contributed by atoms with Gasteiger partial charge in [0.1, 0.15) is 5.60 Å². The molecule has 0 bridgehead atoms. The lowest BCUT2D eigenvalue weighted by Crippen LogP contribution is -2.34. The van der Waals surface area contributed by atoms with E-state index in [1.165, 1.54) is 7.05 Å². The van der Waals surface area contributed by atoms with E-state index in [9.17, 15) is 14.0 Å². The van der Waals surface area contributed by atoms with Gasteiger partial charge in [0, 0.05) is 13.6 Å². The van der Waals surface area contributed by atoms with Crippen LogP contribution < -0.4 is 0 Å². The first-order valence-corrected chi connectivity index (χ1v) is 4.66. The predicted octanol–water partition coefficient (Wildman–Crippen LogP) is 1.79. The molecule has 0 aromatic rings.